The molecule has 0 spiro atoms. The molecule has 12 rings (SSSR count). The van der Waals surface area contributed by atoms with Gasteiger partial charge >= 0.3 is 63.2 Å². The SMILES string of the molecule is CC#N.CC#N.CC#N.F[B-](F)(F)F.F[B-](F)(F)F.F[B-](F)(F)F.F[B-](F)(F)F.O.O.[Fe+2].[Fe+2].c1ccc(-c2cn(CCCn3cc(-c4ccccn4)nn3)nn2)nc1.c1ccc(-c2cn(CCCn3cc(-c4ccccn4)nn3)nn2)nc1.c1ccc(-c2cn(CCCn3cc(-c4ccccn4)nn3)nn2)nc1. The van der Waals surface area contributed by atoms with Crippen molar-refractivity contribution in [3.8, 4) is 86.5 Å². The molecule has 29 nitrogen and oxygen atoms in total. The molecule has 108 heavy (non-hydrogen) atoms. The van der Waals surface area contributed by atoms with Crippen LogP contribution in [0.4, 0.5) is 69.1 Å². The normalized spacial score (nSPS) is 10.0. The molecule has 0 radical (unpaired) electrons. The smallest absolute Gasteiger partial charge is 0.418 e. The first-order valence-electron chi connectivity index (χ1n) is 29.7. The van der Waals surface area contributed by atoms with Gasteiger partial charge in [-0.2, -0.15) is 15.8 Å². The number of nitrogens with zero attached hydrogens (tertiary/aromatic N) is 27. The van der Waals surface area contributed by atoms with E-state index in [0.29, 0.717) is 0 Å². The zero-order chi connectivity index (χ0) is 76.8. The summed E-state index contributed by atoms with van der Waals surface area (Å²) in [5.74, 6) is 0. The summed E-state index contributed by atoms with van der Waals surface area (Å²) in [5.41, 5.74) is 9.60. The molecule has 0 aliphatic heterocycles. The second-order valence-corrected chi connectivity index (χ2v) is 19.2. The summed E-state index contributed by atoms with van der Waals surface area (Å²) in [6.07, 6.45) is 24.5. The van der Waals surface area contributed by atoms with E-state index >= 15 is 0 Å². The Labute approximate surface area is 625 Å². The maximum Gasteiger partial charge on any atom is 2.00 e. The Hall–Kier alpha value is -11.7. The zero-order valence-electron chi connectivity index (χ0n) is 56.3. The molecule has 0 amide bonds. The minimum Gasteiger partial charge on any atom is -0.418 e. The average molecular weight is 1620 g/mol. The van der Waals surface area contributed by atoms with E-state index in [-0.39, 0.29) is 45.1 Å². The van der Waals surface area contributed by atoms with Gasteiger partial charge < -0.3 is 80.0 Å². The van der Waals surface area contributed by atoms with Crippen molar-refractivity contribution in [1.82, 2.24) is 120 Å². The molecule has 0 bridgehead atoms. The molecule has 0 saturated heterocycles. The van der Waals surface area contributed by atoms with Crippen molar-refractivity contribution in [3.63, 3.8) is 0 Å². The number of halogens is 16. The fraction of sp³-hybridized carbons (Fsp3) is 0.211. The predicted octanol–water partition coefficient (Wildman–Crippen LogP) is 11.4. The van der Waals surface area contributed by atoms with E-state index in [2.05, 4.69) is 91.8 Å². The van der Waals surface area contributed by atoms with E-state index in [0.717, 1.165) is 127 Å². The second kappa shape index (κ2) is 53.1. The van der Waals surface area contributed by atoms with Crippen molar-refractivity contribution in [1.29, 1.82) is 15.8 Å². The van der Waals surface area contributed by atoms with E-state index in [1.165, 1.54) is 20.8 Å². The number of pyridine rings is 6. The molecule has 12 heterocycles. The summed E-state index contributed by atoms with van der Waals surface area (Å²) >= 11 is 0. The van der Waals surface area contributed by atoms with Gasteiger partial charge in [0.15, 0.2) is 0 Å². The summed E-state index contributed by atoms with van der Waals surface area (Å²) in [6.45, 7) is 8.78. The number of aromatic nitrogens is 24. The topological polar surface area (TPSA) is 396 Å². The molecule has 0 atom stereocenters. The summed E-state index contributed by atoms with van der Waals surface area (Å²) < 4.78 is 167. The maximum atomic E-state index is 9.75. The third kappa shape index (κ3) is 46.9. The summed E-state index contributed by atoms with van der Waals surface area (Å²) in [4.78, 5) is 25.7. The molecule has 0 aromatic carbocycles. The molecule has 51 heteroatoms. The van der Waals surface area contributed by atoms with Gasteiger partial charge in [-0.1, -0.05) is 67.7 Å². The number of hydrogen-bond donors (Lipinski definition) is 0. The van der Waals surface area contributed by atoms with Crippen LogP contribution in [0.1, 0.15) is 40.0 Å². The van der Waals surface area contributed by atoms with Gasteiger partial charge in [-0.25, -0.2) is 0 Å². The number of rotatable bonds is 18. The predicted molar refractivity (Wildman–Crippen MR) is 355 cm³/mol. The summed E-state index contributed by atoms with van der Waals surface area (Å²) in [7, 11) is -24.0. The van der Waals surface area contributed by atoms with E-state index < -0.39 is 29.0 Å². The van der Waals surface area contributed by atoms with Gasteiger partial charge in [-0.05, 0) is 92.1 Å². The molecule has 0 saturated carbocycles. The molecule has 0 unspecified atom stereocenters. The van der Waals surface area contributed by atoms with Crippen molar-refractivity contribution in [2.24, 2.45) is 0 Å². The molecule has 12 aromatic rings. The Morgan fingerprint density at radius 3 is 0.481 bits per heavy atom. The quantitative estimate of drug-likeness (QED) is 0.0569. The Bertz CT molecular complexity index is 3680. The third-order valence-corrected chi connectivity index (χ3v) is 11.1. The van der Waals surface area contributed by atoms with Crippen molar-refractivity contribution >= 4 is 29.0 Å². The Balaban J connectivity index is 0. The van der Waals surface area contributed by atoms with Crippen molar-refractivity contribution in [2.45, 2.75) is 79.3 Å². The van der Waals surface area contributed by atoms with Crippen LogP contribution < -0.4 is 0 Å². The minimum atomic E-state index is -6.00. The standard InChI is InChI=1S/3C17H16N8.3C2H3N.4BF4.2Fe.2H2O/c3*1-3-8-18-14(6-1)16-12-24(22-20-16)10-5-11-25-13-17(21-23-25)15-7-2-4-9-19-15;3*1-2-3;4*2-1(3,4)5;;;;/h3*1-4,6-9,12-13H,5,10-11H2;3*1H3;;;;;;;2*1H2/q;;;;;;4*-1;2*+2;;. The zero-order valence-corrected chi connectivity index (χ0v) is 58.5. The fourth-order valence-electron chi connectivity index (χ4n) is 7.42. The second-order valence-electron chi connectivity index (χ2n) is 19.2. The Morgan fingerprint density at radius 2 is 0.380 bits per heavy atom. The fourth-order valence-corrected chi connectivity index (χ4v) is 7.42. The van der Waals surface area contributed by atoms with Crippen LogP contribution in [0.15, 0.2) is 184 Å². The third-order valence-electron chi connectivity index (χ3n) is 11.1. The molecule has 12 aromatic heterocycles. The van der Waals surface area contributed by atoms with Gasteiger partial charge in [0, 0.05) is 97.2 Å². The van der Waals surface area contributed by atoms with E-state index in [1.807, 2.05) is 174 Å². The van der Waals surface area contributed by atoms with Gasteiger partial charge in [0.2, 0.25) is 0 Å². The van der Waals surface area contributed by atoms with Crippen molar-refractivity contribution < 1.29 is 114 Å². The van der Waals surface area contributed by atoms with E-state index in [9.17, 15) is 69.1 Å². The molecule has 4 N–H and O–H groups in total. The minimum absolute atomic E-state index is 0. The first kappa shape index (κ1) is 98.4. The first-order chi connectivity index (χ1) is 49.4. The summed E-state index contributed by atoms with van der Waals surface area (Å²) in [5, 5.41) is 71.8. The van der Waals surface area contributed by atoms with Gasteiger partial charge in [-0.3, -0.25) is 58.0 Å². The van der Waals surface area contributed by atoms with Gasteiger partial charge in [0.25, 0.3) is 0 Å². The molecule has 576 valence electrons. The van der Waals surface area contributed by atoms with E-state index in [1.54, 1.807) is 55.4 Å². The number of nitriles is 3. The molecular weight excluding hydrogens is 1550 g/mol. The van der Waals surface area contributed by atoms with Crippen LogP contribution in [0.3, 0.4) is 0 Å². The monoisotopic (exact) mass is 1620 g/mol. The van der Waals surface area contributed by atoms with Crippen LogP contribution in [-0.4, -0.2) is 160 Å². The van der Waals surface area contributed by atoms with Crippen LogP contribution in [0.2, 0.25) is 0 Å². The molecule has 0 aliphatic rings. The Morgan fingerprint density at radius 1 is 0.259 bits per heavy atom. The number of hydrogen-bond acceptors (Lipinski definition) is 21. The van der Waals surface area contributed by atoms with Crippen molar-refractivity contribution in [3.05, 3.63) is 184 Å². The van der Waals surface area contributed by atoms with Crippen LogP contribution in [0.25, 0.3) is 68.3 Å². The van der Waals surface area contributed by atoms with Gasteiger partial charge in [-0.15, -0.1) is 30.6 Å². The van der Waals surface area contributed by atoms with Gasteiger partial charge in [0.1, 0.15) is 34.2 Å². The van der Waals surface area contributed by atoms with Crippen LogP contribution in [0, 0.1) is 34.0 Å². The summed E-state index contributed by atoms with van der Waals surface area (Å²) in [6, 6.07) is 39.7. The first-order valence-corrected chi connectivity index (χ1v) is 29.7. The van der Waals surface area contributed by atoms with E-state index in [4.69, 9.17) is 15.8 Å². The van der Waals surface area contributed by atoms with Gasteiger partial charge in [0.05, 0.1) is 89.6 Å². The van der Waals surface area contributed by atoms with Crippen LogP contribution in [-0.2, 0) is 73.4 Å². The molecule has 0 fully saturated rings. The largest absolute Gasteiger partial charge is 2.00 e. The Kier molecular flexibility index (Phi) is 48.4. The molecule has 0 aliphatic carbocycles. The van der Waals surface area contributed by atoms with Crippen LogP contribution in [0.5, 0.6) is 0 Å². The van der Waals surface area contributed by atoms with Crippen molar-refractivity contribution in [2.75, 3.05) is 0 Å². The molecular formula is C57H61B4F16Fe2N27O2. The number of aryl methyl sites for hydroxylation is 6. The average Bonchev–Trinajstić information content (AvgIpc) is 1.75. The maximum absolute atomic E-state index is 9.75. The van der Waals surface area contributed by atoms with Crippen LogP contribution >= 0.6 is 0 Å².